The van der Waals surface area contributed by atoms with Gasteiger partial charge in [0.2, 0.25) is 5.91 Å². The van der Waals surface area contributed by atoms with Crippen LogP contribution in [0.3, 0.4) is 0 Å². The second kappa shape index (κ2) is 11.0. The summed E-state index contributed by atoms with van der Waals surface area (Å²) >= 11 is 7.58. The lowest BCUT2D eigenvalue weighted by Crippen LogP contribution is -2.35. The Morgan fingerprint density at radius 1 is 1.11 bits per heavy atom. The number of aromatic nitrogens is 1. The van der Waals surface area contributed by atoms with E-state index < -0.39 is 9.84 Å². The predicted molar refractivity (Wildman–Crippen MR) is 146 cm³/mol. The van der Waals surface area contributed by atoms with Gasteiger partial charge in [0.1, 0.15) is 0 Å². The largest absolute Gasteiger partial charge is 0.302 e. The van der Waals surface area contributed by atoms with E-state index in [0.29, 0.717) is 17.1 Å². The van der Waals surface area contributed by atoms with Crippen LogP contribution in [0.15, 0.2) is 53.4 Å². The first-order valence-electron chi connectivity index (χ1n) is 12.2. The summed E-state index contributed by atoms with van der Waals surface area (Å²) in [5.41, 5.74) is 3.07. The second-order valence-electron chi connectivity index (χ2n) is 9.64. The van der Waals surface area contributed by atoms with Crippen LogP contribution in [0.5, 0.6) is 0 Å². The maximum atomic E-state index is 12.7. The van der Waals surface area contributed by atoms with Gasteiger partial charge in [-0.25, -0.2) is 13.4 Å². The summed E-state index contributed by atoms with van der Waals surface area (Å²) in [7, 11) is -3.25. The molecule has 1 amide bonds. The van der Waals surface area contributed by atoms with E-state index in [1.54, 1.807) is 31.2 Å². The highest BCUT2D eigenvalue weighted by molar-refractivity contribution is 7.91. The van der Waals surface area contributed by atoms with E-state index in [9.17, 15) is 13.2 Å². The van der Waals surface area contributed by atoms with Crippen molar-refractivity contribution in [2.75, 3.05) is 11.1 Å². The molecule has 0 fully saturated rings. The molecule has 2 atom stereocenters. The van der Waals surface area contributed by atoms with Gasteiger partial charge in [-0.2, -0.15) is 0 Å². The number of nitrogens with one attached hydrogen (secondary N) is 1. The smallest absolute Gasteiger partial charge is 0.230 e. The molecule has 192 valence electrons. The average molecular weight is 546 g/mol. The highest BCUT2D eigenvalue weighted by Gasteiger charge is 2.38. The van der Waals surface area contributed by atoms with Gasteiger partial charge < -0.3 is 5.32 Å². The van der Waals surface area contributed by atoms with Gasteiger partial charge in [-0.1, -0.05) is 56.6 Å². The van der Waals surface area contributed by atoms with Crippen molar-refractivity contribution >= 4 is 43.8 Å². The zero-order valence-corrected chi connectivity index (χ0v) is 23.4. The summed E-state index contributed by atoms with van der Waals surface area (Å²) in [6.07, 6.45) is 1.09. The van der Waals surface area contributed by atoms with Crippen LogP contribution in [0.2, 0.25) is 5.02 Å². The van der Waals surface area contributed by atoms with Crippen LogP contribution >= 0.6 is 22.9 Å². The molecule has 3 aromatic rings. The molecule has 1 aromatic heterocycles. The van der Waals surface area contributed by atoms with Crippen molar-refractivity contribution in [2.45, 2.75) is 64.1 Å². The minimum absolute atomic E-state index is 0.0518. The summed E-state index contributed by atoms with van der Waals surface area (Å²) in [5.74, 6) is 0.265. The Hall–Kier alpha value is -2.26. The van der Waals surface area contributed by atoms with Crippen LogP contribution < -0.4 is 5.32 Å². The quantitative estimate of drug-likeness (QED) is 0.361. The highest BCUT2D eigenvalue weighted by atomic mass is 35.5. The van der Waals surface area contributed by atoms with Crippen LogP contribution in [-0.4, -0.2) is 36.0 Å². The molecule has 0 saturated heterocycles. The first-order valence-corrected chi connectivity index (χ1v) is 15.0. The van der Waals surface area contributed by atoms with Gasteiger partial charge in [-0.05, 0) is 54.7 Å². The fourth-order valence-electron chi connectivity index (χ4n) is 4.72. The second-order valence-corrected chi connectivity index (χ2v) is 13.4. The number of carbonyl (C=O) groups excluding carboxylic acids is 1. The standard InChI is InChI=1S/C27H32ClN3O3S2/c1-5-36(33,34)22-12-8-20(9-13-22)15-24(32)29-27-30-25-23(35-27)16-31(26(25)17(2)3)18(4)14-19-6-10-21(28)11-7-19/h6-13,17-18,26H,5,14-16H2,1-4H3,(H,29,30,32)/t18-,26-/m0/s1. The zero-order valence-electron chi connectivity index (χ0n) is 21.0. The van der Waals surface area contributed by atoms with Gasteiger partial charge >= 0.3 is 0 Å². The molecule has 1 N–H and O–H groups in total. The molecule has 0 saturated carbocycles. The summed E-state index contributed by atoms with van der Waals surface area (Å²) in [6, 6.07) is 15.1. The number of benzene rings is 2. The number of rotatable bonds is 9. The third-order valence-electron chi connectivity index (χ3n) is 6.61. The summed E-state index contributed by atoms with van der Waals surface area (Å²) < 4.78 is 24.0. The Bertz CT molecular complexity index is 1320. The van der Waals surface area contributed by atoms with Gasteiger partial charge in [0.05, 0.1) is 28.8 Å². The van der Waals surface area contributed by atoms with Crippen LogP contribution in [-0.2, 0) is 34.0 Å². The van der Waals surface area contributed by atoms with Crippen molar-refractivity contribution in [1.82, 2.24) is 9.88 Å². The van der Waals surface area contributed by atoms with E-state index in [0.717, 1.165) is 29.2 Å². The number of nitrogens with zero attached hydrogens (tertiary/aromatic N) is 2. The Balaban J connectivity index is 1.41. The highest BCUT2D eigenvalue weighted by Crippen LogP contribution is 2.43. The Kier molecular flexibility index (Phi) is 8.19. The zero-order chi connectivity index (χ0) is 26.0. The van der Waals surface area contributed by atoms with Crippen molar-refractivity contribution in [3.05, 3.63) is 75.3 Å². The molecular formula is C27H32ClN3O3S2. The Labute approximate surface area is 222 Å². The van der Waals surface area contributed by atoms with Crippen LogP contribution in [0.4, 0.5) is 5.13 Å². The minimum atomic E-state index is -3.25. The Morgan fingerprint density at radius 3 is 2.36 bits per heavy atom. The molecule has 0 spiro atoms. The molecule has 2 aromatic carbocycles. The monoisotopic (exact) mass is 545 g/mol. The number of carbonyl (C=O) groups is 1. The van der Waals surface area contributed by atoms with E-state index in [4.69, 9.17) is 16.6 Å². The molecule has 0 unspecified atom stereocenters. The fourth-order valence-corrected chi connectivity index (χ4v) is 6.76. The number of anilines is 1. The van der Waals surface area contributed by atoms with Gasteiger partial charge in [0.25, 0.3) is 0 Å². The van der Waals surface area contributed by atoms with Crippen molar-refractivity contribution in [1.29, 1.82) is 0 Å². The SMILES string of the molecule is CCS(=O)(=O)c1ccc(CC(=O)Nc2nc3c(s2)CN([C@@H](C)Cc2ccc(Cl)cc2)[C@H]3C(C)C)cc1. The summed E-state index contributed by atoms with van der Waals surface area (Å²) in [4.78, 5) is 21.5. The number of hydrogen-bond acceptors (Lipinski definition) is 6. The molecule has 2 heterocycles. The van der Waals surface area contributed by atoms with E-state index in [1.807, 2.05) is 12.1 Å². The maximum Gasteiger partial charge on any atom is 0.230 e. The number of fused-ring (bicyclic) bond motifs is 1. The van der Waals surface area contributed by atoms with E-state index in [1.165, 1.54) is 21.8 Å². The molecule has 6 nitrogen and oxygen atoms in total. The lowest BCUT2D eigenvalue weighted by molar-refractivity contribution is -0.115. The maximum absolute atomic E-state index is 12.7. The van der Waals surface area contributed by atoms with Gasteiger partial charge in [0.15, 0.2) is 15.0 Å². The van der Waals surface area contributed by atoms with Crippen molar-refractivity contribution in [2.24, 2.45) is 5.92 Å². The number of hydrogen-bond donors (Lipinski definition) is 1. The fraction of sp³-hybridized carbons (Fsp3) is 0.407. The minimum Gasteiger partial charge on any atom is -0.302 e. The van der Waals surface area contributed by atoms with E-state index >= 15 is 0 Å². The van der Waals surface area contributed by atoms with E-state index in [-0.39, 0.29) is 29.0 Å². The van der Waals surface area contributed by atoms with Crippen molar-refractivity contribution in [3.8, 4) is 0 Å². The van der Waals surface area contributed by atoms with Crippen LogP contribution in [0.1, 0.15) is 55.4 Å². The third-order valence-corrected chi connectivity index (χ3v) is 9.58. The third kappa shape index (κ3) is 5.99. The van der Waals surface area contributed by atoms with Gasteiger partial charge in [-0.3, -0.25) is 9.69 Å². The molecule has 36 heavy (non-hydrogen) atoms. The molecule has 9 heteroatoms. The van der Waals surface area contributed by atoms with Crippen LogP contribution in [0.25, 0.3) is 0 Å². The number of thiazole rings is 1. The molecule has 1 aliphatic heterocycles. The summed E-state index contributed by atoms with van der Waals surface area (Å²) in [6.45, 7) is 9.10. The summed E-state index contributed by atoms with van der Waals surface area (Å²) in [5, 5.41) is 4.31. The molecular weight excluding hydrogens is 514 g/mol. The topological polar surface area (TPSA) is 79.4 Å². The van der Waals surface area contributed by atoms with E-state index in [2.05, 4.69) is 43.1 Å². The molecule has 4 rings (SSSR count). The predicted octanol–water partition coefficient (Wildman–Crippen LogP) is 5.92. The molecule has 0 radical (unpaired) electrons. The lowest BCUT2D eigenvalue weighted by Gasteiger charge is -2.33. The first-order chi connectivity index (χ1) is 17.1. The molecule has 0 aliphatic carbocycles. The number of halogens is 1. The number of sulfone groups is 1. The van der Waals surface area contributed by atoms with Gasteiger partial charge in [-0.15, -0.1) is 11.3 Å². The lowest BCUT2D eigenvalue weighted by atomic mass is 9.98. The Morgan fingerprint density at radius 2 is 1.75 bits per heavy atom. The van der Waals surface area contributed by atoms with Gasteiger partial charge in [0, 0.05) is 22.5 Å². The molecule has 1 aliphatic rings. The molecule has 0 bridgehead atoms. The van der Waals surface area contributed by atoms with Crippen molar-refractivity contribution in [3.63, 3.8) is 0 Å². The average Bonchev–Trinajstić information content (AvgIpc) is 3.38. The number of amides is 1. The van der Waals surface area contributed by atoms with Crippen LogP contribution in [0, 0.1) is 5.92 Å². The first kappa shape index (κ1) is 26.8. The normalized spacial score (nSPS) is 16.8. The van der Waals surface area contributed by atoms with Crippen molar-refractivity contribution < 1.29 is 13.2 Å².